The average Bonchev–Trinajstić information content (AvgIpc) is 2.27. The summed E-state index contributed by atoms with van der Waals surface area (Å²) >= 11 is 0. The fourth-order valence-electron chi connectivity index (χ4n) is 2.06. The zero-order chi connectivity index (χ0) is 14.7. The second-order valence-corrected chi connectivity index (χ2v) is 6.17. The molecule has 0 saturated heterocycles. The van der Waals surface area contributed by atoms with E-state index in [2.05, 4.69) is 39.8 Å². The predicted molar refractivity (Wildman–Crippen MR) is 85.4 cm³/mol. The van der Waals surface area contributed by atoms with Gasteiger partial charge in [-0.25, -0.2) is 0 Å². The van der Waals surface area contributed by atoms with Crippen molar-refractivity contribution in [2.24, 2.45) is 5.92 Å². The second-order valence-electron chi connectivity index (χ2n) is 6.17. The van der Waals surface area contributed by atoms with E-state index in [0.29, 0.717) is 6.42 Å². The molecule has 0 N–H and O–H groups in total. The Hall–Kier alpha value is -0.850. The summed E-state index contributed by atoms with van der Waals surface area (Å²) in [6.45, 7) is 10.6. The smallest absolute Gasteiger partial charge is 0.130 e. The van der Waals surface area contributed by atoms with Gasteiger partial charge in [0.2, 0.25) is 0 Å². The van der Waals surface area contributed by atoms with Gasteiger partial charge < -0.3 is 4.79 Å². The van der Waals surface area contributed by atoms with Gasteiger partial charge in [0.25, 0.3) is 0 Å². The van der Waals surface area contributed by atoms with Crippen LogP contribution >= 0.6 is 0 Å². The monoisotopic (exact) mass is 264 g/mol. The van der Waals surface area contributed by atoms with Crippen molar-refractivity contribution in [3.8, 4) is 0 Å². The molecule has 0 bridgehead atoms. The van der Waals surface area contributed by atoms with Gasteiger partial charge in [0.15, 0.2) is 0 Å². The molecule has 0 aliphatic heterocycles. The van der Waals surface area contributed by atoms with Gasteiger partial charge in [-0.3, -0.25) is 0 Å². The van der Waals surface area contributed by atoms with Crippen LogP contribution in [-0.4, -0.2) is 5.78 Å². The van der Waals surface area contributed by atoms with E-state index in [1.807, 2.05) is 0 Å². The molecule has 0 aliphatic carbocycles. The van der Waals surface area contributed by atoms with Gasteiger partial charge in [-0.2, -0.15) is 0 Å². The molecule has 1 heteroatoms. The molecule has 0 rings (SSSR count). The number of hydrogen-bond donors (Lipinski definition) is 0. The van der Waals surface area contributed by atoms with Gasteiger partial charge in [-0.05, 0) is 58.8 Å². The molecule has 19 heavy (non-hydrogen) atoms. The number of carbonyl (C=O) groups excluding carboxylic acids is 1. The Balaban J connectivity index is 3.77. The molecule has 0 radical (unpaired) electrons. The lowest BCUT2D eigenvalue weighted by atomic mass is 10.0. The number of carbonyl (C=O) groups is 1. The minimum atomic E-state index is 0.282. The standard InChI is InChI=1S/C18H32O/c1-15(2)9-6-10-16(3)11-7-12-17(4)13-8-14-18(5)19/h11,13,15H,6-10,12,14H2,1-5H3/b16-11-,17-13+. The molecule has 0 aliphatic rings. The van der Waals surface area contributed by atoms with E-state index in [9.17, 15) is 4.79 Å². The lowest BCUT2D eigenvalue weighted by molar-refractivity contribution is -0.116. The SMILES string of the molecule is CC(=O)CC/C=C(\C)CC/C=C(/C)CCCC(C)C. The molecule has 1 nitrogen and oxygen atoms in total. The van der Waals surface area contributed by atoms with Crippen LogP contribution in [0.15, 0.2) is 23.3 Å². The fourth-order valence-corrected chi connectivity index (χ4v) is 2.06. The van der Waals surface area contributed by atoms with Crippen molar-refractivity contribution in [3.63, 3.8) is 0 Å². The molecule has 0 aromatic heterocycles. The van der Waals surface area contributed by atoms with Gasteiger partial charge in [-0.15, -0.1) is 0 Å². The zero-order valence-corrected chi connectivity index (χ0v) is 13.6. The number of rotatable bonds is 10. The van der Waals surface area contributed by atoms with Crippen molar-refractivity contribution in [1.29, 1.82) is 0 Å². The van der Waals surface area contributed by atoms with Crippen molar-refractivity contribution in [3.05, 3.63) is 23.3 Å². The zero-order valence-electron chi connectivity index (χ0n) is 13.6. The maximum absolute atomic E-state index is 10.8. The first kappa shape index (κ1) is 18.1. The molecule has 0 atom stereocenters. The highest BCUT2D eigenvalue weighted by atomic mass is 16.1. The summed E-state index contributed by atoms with van der Waals surface area (Å²) in [5, 5.41) is 0. The molecular weight excluding hydrogens is 232 g/mol. The van der Waals surface area contributed by atoms with Crippen molar-refractivity contribution in [1.82, 2.24) is 0 Å². The lowest BCUT2D eigenvalue weighted by Gasteiger charge is -2.05. The Labute approximate surface area is 120 Å². The van der Waals surface area contributed by atoms with E-state index >= 15 is 0 Å². The third-order valence-corrected chi connectivity index (χ3v) is 3.37. The highest BCUT2D eigenvalue weighted by Crippen LogP contribution is 2.14. The van der Waals surface area contributed by atoms with E-state index in [1.165, 1.54) is 30.4 Å². The Morgan fingerprint density at radius 2 is 1.42 bits per heavy atom. The summed E-state index contributed by atoms with van der Waals surface area (Å²) in [5.41, 5.74) is 2.93. The van der Waals surface area contributed by atoms with E-state index in [-0.39, 0.29) is 5.78 Å². The van der Waals surface area contributed by atoms with Crippen molar-refractivity contribution < 1.29 is 4.79 Å². The van der Waals surface area contributed by atoms with Crippen LogP contribution < -0.4 is 0 Å². The molecule has 0 heterocycles. The number of hydrogen-bond acceptors (Lipinski definition) is 1. The van der Waals surface area contributed by atoms with Crippen LogP contribution in [0.4, 0.5) is 0 Å². The van der Waals surface area contributed by atoms with Crippen molar-refractivity contribution in [2.45, 2.75) is 79.6 Å². The minimum absolute atomic E-state index is 0.282. The summed E-state index contributed by atoms with van der Waals surface area (Å²) in [6, 6.07) is 0. The van der Waals surface area contributed by atoms with Gasteiger partial charge >= 0.3 is 0 Å². The van der Waals surface area contributed by atoms with Crippen LogP contribution in [0, 0.1) is 5.92 Å². The van der Waals surface area contributed by atoms with Crippen LogP contribution in [-0.2, 0) is 4.79 Å². The van der Waals surface area contributed by atoms with Crippen molar-refractivity contribution >= 4 is 5.78 Å². The van der Waals surface area contributed by atoms with Crippen LogP contribution in [0.1, 0.15) is 79.6 Å². The van der Waals surface area contributed by atoms with Gasteiger partial charge in [0.05, 0.1) is 0 Å². The van der Waals surface area contributed by atoms with Gasteiger partial charge in [-0.1, -0.05) is 43.6 Å². The van der Waals surface area contributed by atoms with E-state index in [4.69, 9.17) is 0 Å². The van der Waals surface area contributed by atoms with Crippen LogP contribution in [0.2, 0.25) is 0 Å². The van der Waals surface area contributed by atoms with Crippen LogP contribution in [0.3, 0.4) is 0 Å². The van der Waals surface area contributed by atoms with E-state index in [1.54, 1.807) is 6.92 Å². The van der Waals surface area contributed by atoms with E-state index < -0.39 is 0 Å². The number of Topliss-reactive ketones (excluding diaryl/α,β-unsaturated/α-hetero) is 1. The second kappa shape index (κ2) is 11.0. The molecule has 0 saturated carbocycles. The van der Waals surface area contributed by atoms with E-state index in [0.717, 1.165) is 25.2 Å². The summed E-state index contributed by atoms with van der Waals surface area (Å²) in [4.78, 5) is 10.8. The summed E-state index contributed by atoms with van der Waals surface area (Å²) < 4.78 is 0. The predicted octanol–water partition coefficient (Wildman–Crippen LogP) is 5.85. The third-order valence-electron chi connectivity index (χ3n) is 3.37. The fraction of sp³-hybridized carbons (Fsp3) is 0.722. The maximum atomic E-state index is 10.8. The Kier molecular flexibility index (Phi) is 10.5. The van der Waals surface area contributed by atoms with Gasteiger partial charge in [0, 0.05) is 6.42 Å². The van der Waals surface area contributed by atoms with Crippen LogP contribution in [0.5, 0.6) is 0 Å². The highest BCUT2D eigenvalue weighted by Gasteiger charge is 1.96. The Bertz CT molecular complexity index is 308. The highest BCUT2D eigenvalue weighted by molar-refractivity contribution is 5.75. The quantitative estimate of drug-likeness (QED) is 0.452. The lowest BCUT2D eigenvalue weighted by Crippen LogP contribution is -1.88. The molecule has 0 amide bonds. The molecule has 0 spiro atoms. The minimum Gasteiger partial charge on any atom is -0.300 e. The molecule has 0 unspecified atom stereocenters. The first-order valence-electron chi connectivity index (χ1n) is 7.72. The molecule has 110 valence electrons. The number of ketones is 1. The first-order valence-corrected chi connectivity index (χ1v) is 7.72. The molecular formula is C18H32O. The summed E-state index contributed by atoms with van der Waals surface area (Å²) in [5.74, 6) is 1.10. The van der Waals surface area contributed by atoms with Crippen LogP contribution in [0.25, 0.3) is 0 Å². The largest absolute Gasteiger partial charge is 0.300 e. The molecule has 0 aromatic rings. The maximum Gasteiger partial charge on any atom is 0.130 e. The first-order chi connectivity index (χ1) is 8.91. The van der Waals surface area contributed by atoms with Crippen molar-refractivity contribution in [2.75, 3.05) is 0 Å². The topological polar surface area (TPSA) is 17.1 Å². The third kappa shape index (κ3) is 13.4. The molecule has 0 fully saturated rings. The summed E-state index contributed by atoms with van der Waals surface area (Å²) in [6.07, 6.45) is 12.3. The summed E-state index contributed by atoms with van der Waals surface area (Å²) in [7, 11) is 0. The Morgan fingerprint density at radius 3 is 1.95 bits per heavy atom. The average molecular weight is 264 g/mol. The molecule has 0 aromatic carbocycles. The normalized spacial score (nSPS) is 13.2. The van der Waals surface area contributed by atoms with Gasteiger partial charge in [0.1, 0.15) is 5.78 Å². The number of allylic oxidation sites excluding steroid dienone is 4. The Morgan fingerprint density at radius 1 is 0.895 bits per heavy atom.